The third kappa shape index (κ3) is 4.07. The van der Waals surface area contributed by atoms with Crippen LogP contribution in [0.5, 0.6) is 0 Å². The average Bonchev–Trinajstić information content (AvgIpc) is 3.13. The van der Waals surface area contributed by atoms with Gasteiger partial charge >= 0.3 is 6.18 Å². The third-order valence-electron chi connectivity index (χ3n) is 4.07. The third-order valence-corrected chi connectivity index (χ3v) is 4.07. The molecule has 2 heterocycles. The topological polar surface area (TPSA) is 59.7 Å². The number of anilines is 1. The summed E-state index contributed by atoms with van der Waals surface area (Å²) in [6.07, 6.45) is -3.33. The number of aromatic nitrogens is 5. The largest absolute Gasteiger partial charge is 0.435 e. The molecular weight excluding hydrogens is 357 g/mol. The second-order valence-electron chi connectivity index (χ2n) is 5.87. The summed E-state index contributed by atoms with van der Waals surface area (Å²) in [7, 11) is 0. The van der Waals surface area contributed by atoms with Gasteiger partial charge in [-0.15, -0.1) is 0 Å². The van der Waals surface area contributed by atoms with Crippen molar-refractivity contribution in [1.82, 2.24) is 24.7 Å². The Morgan fingerprint density at radius 3 is 2.19 bits per heavy atom. The highest BCUT2D eigenvalue weighted by molar-refractivity contribution is 5.60. The van der Waals surface area contributed by atoms with Gasteiger partial charge in [0.2, 0.25) is 0 Å². The van der Waals surface area contributed by atoms with Crippen molar-refractivity contribution in [3.05, 3.63) is 48.0 Å². The van der Waals surface area contributed by atoms with E-state index < -0.39 is 11.9 Å². The molecule has 0 aliphatic rings. The van der Waals surface area contributed by atoms with E-state index >= 15 is 0 Å². The van der Waals surface area contributed by atoms with Gasteiger partial charge in [-0.25, -0.2) is 9.67 Å². The van der Waals surface area contributed by atoms with Crippen LogP contribution < -0.4 is 4.90 Å². The summed E-state index contributed by atoms with van der Waals surface area (Å²) in [6.45, 7) is 7.61. The molecule has 27 heavy (non-hydrogen) atoms. The predicted octanol–water partition coefficient (Wildman–Crippen LogP) is 3.90. The molecule has 2 aromatic heterocycles. The smallest absolute Gasteiger partial charge is 0.372 e. The number of alkyl halides is 3. The maximum absolute atomic E-state index is 12.8. The van der Waals surface area contributed by atoms with E-state index in [1.165, 1.54) is 6.20 Å². The Bertz CT molecular complexity index is 914. The second-order valence-corrected chi connectivity index (χ2v) is 5.87. The van der Waals surface area contributed by atoms with Gasteiger partial charge in [0.15, 0.2) is 11.5 Å². The summed E-state index contributed by atoms with van der Waals surface area (Å²) < 4.78 is 39.3. The van der Waals surface area contributed by atoms with E-state index in [2.05, 4.69) is 38.8 Å². The Balaban J connectivity index is 1.95. The summed E-state index contributed by atoms with van der Waals surface area (Å²) in [5.41, 5.74) is 0.836. The molecule has 0 amide bonds. The molecule has 0 aliphatic carbocycles. The van der Waals surface area contributed by atoms with Crippen molar-refractivity contribution in [1.29, 1.82) is 0 Å². The molecule has 0 bridgehead atoms. The fourth-order valence-corrected chi connectivity index (χ4v) is 2.70. The van der Waals surface area contributed by atoms with Gasteiger partial charge in [-0.05, 0) is 51.1 Å². The molecule has 0 fully saturated rings. The highest BCUT2D eigenvalue weighted by Crippen LogP contribution is 2.28. The minimum Gasteiger partial charge on any atom is -0.372 e. The van der Waals surface area contributed by atoms with Crippen LogP contribution in [0.4, 0.5) is 18.9 Å². The van der Waals surface area contributed by atoms with Crippen molar-refractivity contribution in [3.63, 3.8) is 0 Å². The van der Waals surface area contributed by atoms with Crippen molar-refractivity contribution in [2.75, 3.05) is 18.0 Å². The highest BCUT2D eigenvalue weighted by Gasteiger charge is 2.33. The highest BCUT2D eigenvalue weighted by atomic mass is 19.4. The Morgan fingerprint density at radius 2 is 1.63 bits per heavy atom. The summed E-state index contributed by atoms with van der Waals surface area (Å²) in [4.78, 5) is 14.9. The van der Waals surface area contributed by atoms with Crippen LogP contribution in [0.1, 0.15) is 25.4 Å². The van der Waals surface area contributed by atoms with Gasteiger partial charge in [-0.2, -0.15) is 28.2 Å². The first-order valence-electron chi connectivity index (χ1n) is 8.53. The van der Waals surface area contributed by atoms with E-state index in [4.69, 9.17) is 0 Å². The van der Waals surface area contributed by atoms with E-state index in [-0.39, 0.29) is 5.95 Å². The lowest BCUT2D eigenvalue weighted by Crippen LogP contribution is -2.21. The van der Waals surface area contributed by atoms with E-state index in [1.807, 2.05) is 24.3 Å². The van der Waals surface area contributed by atoms with Gasteiger partial charge in [0.25, 0.3) is 5.95 Å². The fraction of sp³-hybridized carbons (Fsp3) is 0.333. The number of hydrogen-bond donors (Lipinski definition) is 0. The Kier molecular flexibility index (Phi) is 5.11. The van der Waals surface area contributed by atoms with Gasteiger partial charge in [-0.3, -0.25) is 0 Å². The summed E-state index contributed by atoms with van der Waals surface area (Å²) in [5.74, 6) is 0.820. The van der Waals surface area contributed by atoms with Crippen molar-refractivity contribution in [2.45, 2.75) is 26.9 Å². The summed E-state index contributed by atoms with van der Waals surface area (Å²) >= 11 is 0. The molecule has 0 saturated carbocycles. The number of benzene rings is 1. The maximum Gasteiger partial charge on any atom is 0.435 e. The number of aryl methyl sites for hydroxylation is 1. The van der Waals surface area contributed by atoms with Gasteiger partial charge in [0, 0.05) is 30.5 Å². The minimum absolute atomic E-state index is 0.0424. The molecule has 0 saturated heterocycles. The van der Waals surface area contributed by atoms with Crippen LogP contribution in [0.3, 0.4) is 0 Å². The Labute approximate surface area is 154 Å². The molecule has 0 N–H and O–H groups in total. The molecule has 0 atom stereocenters. The zero-order valence-electron chi connectivity index (χ0n) is 15.2. The van der Waals surface area contributed by atoms with Crippen molar-refractivity contribution < 1.29 is 13.2 Å². The molecule has 9 heteroatoms. The summed E-state index contributed by atoms with van der Waals surface area (Å²) in [6, 6.07) is 8.60. The Hall–Kier alpha value is -2.97. The van der Waals surface area contributed by atoms with E-state index in [1.54, 1.807) is 6.92 Å². The quantitative estimate of drug-likeness (QED) is 0.676. The summed E-state index contributed by atoms with van der Waals surface area (Å²) in [5, 5.41) is 3.52. The first kappa shape index (κ1) is 18.8. The van der Waals surface area contributed by atoms with Crippen molar-refractivity contribution in [2.24, 2.45) is 0 Å². The standard InChI is InChI=1S/C18H19F3N6/c1-4-26(5-2)14-8-6-13(7-9-14)16-22-12(3)23-17(24-16)27-11-10-15(25-27)18(19,20)21/h6-11H,4-5H2,1-3H3. The molecule has 0 aliphatic heterocycles. The first-order valence-corrected chi connectivity index (χ1v) is 8.53. The molecule has 0 radical (unpaired) electrons. The number of nitrogens with zero attached hydrogens (tertiary/aromatic N) is 6. The first-order chi connectivity index (χ1) is 12.8. The second kappa shape index (κ2) is 7.34. The van der Waals surface area contributed by atoms with Crippen LogP contribution in [0.2, 0.25) is 0 Å². The van der Waals surface area contributed by atoms with E-state index in [0.29, 0.717) is 11.6 Å². The number of hydrogen-bond acceptors (Lipinski definition) is 5. The lowest BCUT2D eigenvalue weighted by atomic mass is 10.2. The molecule has 0 spiro atoms. The van der Waals surface area contributed by atoms with E-state index in [0.717, 1.165) is 35.1 Å². The van der Waals surface area contributed by atoms with Crippen LogP contribution in [0, 0.1) is 6.92 Å². The SMILES string of the molecule is CCN(CC)c1ccc(-c2nc(C)nc(-n3ccc(C(F)(F)F)n3)n2)cc1. The van der Waals surface area contributed by atoms with Crippen LogP contribution in [0.15, 0.2) is 36.5 Å². The van der Waals surface area contributed by atoms with Crippen LogP contribution in [-0.2, 0) is 6.18 Å². The van der Waals surface area contributed by atoms with Crippen LogP contribution in [0.25, 0.3) is 17.3 Å². The van der Waals surface area contributed by atoms with Crippen molar-refractivity contribution >= 4 is 5.69 Å². The molecule has 3 rings (SSSR count). The van der Waals surface area contributed by atoms with Gasteiger partial charge in [-0.1, -0.05) is 0 Å². The number of halogens is 3. The molecule has 6 nitrogen and oxygen atoms in total. The van der Waals surface area contributed by atoms with E-state index in [9.17, 15) is 13.2 Å². The molecule has 0 unspecified atom stereocenters. The molecule has 142 valence electrons. The normalized spacial score (nSPS) is 11.6. The molecule has 3 aromatic rings. The molecule has 1 aromatic carbocycles. The average molecular weight is 376 g/mol. The zero-order valence-corrected chi connectivity index (χ0v) is 15.2. The number of rotatable bonds is 5. The molecular formula is C18H19F3N6. The fourth-order valence-electron chi connectivity index (χ4n) is 2.70. The maximum atomic E-state index is 12.8. The Morgan fingerprint density at radius 1 is 0.963 bits per heavy atom. The van der Waals surface area contributed by atoms with Crippen molar-refractivity contribution in [3.8, 4) is 17.3 Å². The van der Waals surface area contributed by atoms with Gasteiger partial charge in [0.05, 0.1) is 0 Å². The predicted molar refractivity (Wildman–Crippen MR) is 95.7 cm³/mol. The minimum atomic E-state index is -4.52. The monoisotopic (exact) mass is 376 g/mol. The lowest BCUT2D eigenvalue weighted by molar-refractivity contribution is -0.141. The van der Waals surface area contributed by atoms with Gasteiger partial charge in [0.1, 0.15) is 5.82 Å². The zero-order chi connectivity index (χ0) is 19.6. The van der Waals surface area contributed by atoms with Gasteiger partial charge < -0.3 is 4.90 Å². The van der Waals surface area contributed by atoms with Crippen LogP contribution in [-0.4, -0.2) is 37.8 Å². The van der Waals surface area contributed by atoms with Crippen LogP contribution >= 0.6 is 0 Å². The lowest BCUT2D eigenvalue weighted by Gasteiger charge is -2.21.